The smallest absolute Gasteiger partial charge is 0.0531 e. The third kappa shape index (κ3) is 3.01. The summed E-state index contributed by atoms with van der Waals surface area (Å²) in [5, 5.41) is 26.5. The van der Waals surface area contributed by atoms with Crippen LogP contribution in [0.15, 0.2) is 12.7 Å². The molecule has 0 unspecified atom stereocenters. The summed E-state index contributed by atoms with van der Waals surface area (Å²) in [7, 11) is 0. The van der Waals surface area contributed by atoms with Crippen LogP contribution in [0.2, 0.25) is 0 Å². The van der Waals surface area contributed by atoms with Crippen LogP contribution in [0.4, 0.5) is 0 Å². The average Bonchev–Trinajstić information content (AvgIpc) is 2.08. The van der Waals surface area contributed by atoms with Crippen LogP contribution in [0.3, 0.4) is 0 Å². The van der Waals surface area contributed by atoms with E-state index in [1.165, 1.54) is 0 Å². The second kappa shape index (κ2) is 5.29. The molecule has 3 nitrogen and oxygen atoms in total. The Balaban J connectivity index is 3.93. The Hall–Kier alpha value is -0.380. The van der Waals surface area contributed by atoms with E-state index in [0.717, 1.165) is 0 Å². The van der Waals surface area contributed by atoms with Crippen molar-refractivity contribution in [2.24, 2.45) is 5.41 Å². The molecule has 0 atom stereocenters. The fraction of sp³-hybridized carbons (Fsp3) is 0.750. The highest BCUT2D eigenvalue weighted by atomic mass is 16.3. The second-order valence-corrected chi connectivity index (χ2v) is 2.80. The largest absolute Gasteiger partial charge is 0.396 e. The lowest BCUT2D eigenvalue weighted by molar-refractivity contribution is 0.000211. The maximum Gasteiger partial charge on any atom is 0.0531 e. The average molecular weight is 160 g/mol. The Labute approximate surface area is 67.0 Å². The van der Waals surface area contributed by atoms with E-state index in [-0.39, 0.29) is 19.8 Å². The third-order valence-electron chi connectivity index (χ3n) is 1.89. The molecule has 3 N–H and O–H groups in total. The Kier molecular flexibility index (Phi) is 5.11. The predicted molar refractivity (Wildman–Crippen MR) is 43.1 cm³/mol. The number of hydrogen-bond donors (Lipinski definition) is 3. The van der Waals surface area contributed by atoms with Crippen molar-refractivity contribution < 1.29 is 15.3 Å². The molecule has 0 amide bonds. The van der Waals surface area contributed by atoms with E-state index < -0.39 is 5.41 Å². The Morgan fingerprint density at radius 1 is 1.09 bits per heavy atom. The van der Waals surface area contributed by atoms with Gasteiger partial charge in [0.25, 0.3) is 0 Å². The van der Waals surface area contributed by atoms with Gasteiger partial charge in [0, 0.05) is 5.41 Å². The minimum Gasteiger partial charge on any atom is -0.396 e. The summed E-state index contributed by atoms with van der Waals surface area (Å²) in [6, 6.07) is 0. The summed E-state index contributed by atoms with van der Waals surface area (Å²) in [6.45, 7) is 2.96. The van der Waals surface area contributed by atoms with Gasteiger partial charge in [-0.15, -0.1) is 6.58 Å². The summed E-state index contributed by atoms with van der Waals surface area (Å²) >= 11 is 0. The van der Waals surface area contributed by atoms with Crippen molar-refractivity contribution in [3.8, 4) is 0 Å². The summed E-state index contributed by atoms with van der Waals surface area (Å²) in [5.41, 5.74) is -0.728. The van der Waals surface area contributed by atoms with Gasteiger partial charge in [-0.1, -0.05) is 6.08 Å². The molecule has 0 heterocycles. The number of hydrogen-bond acceptors (Lipinski definition) is 3. The van der Waals surface area contributed by atoms with Crippen molar-refractivity contribution in [3.05, 3.63) is 12.7 Å². The normalized spacial score (nSPS) is 11.5. The number of aliphatic hydroxyl groups is 3. The van der Waals surface area contributed by atoms with Gasteiger partial charge in [0.15, 0.2) is 0 Å². The van der Waals surface area contributed by atoms with E-state index >= 15 is 0 Å². The zero-order valence-electron chi connectivity index (χ0n) is 6.66. The number of rotatable bonds is 6. The molecule has 0 aliphatic rings. The number of aliphatic hydroxyl groups excluding tert-OH is 3. The fourth-order valence-corrected chi connectivity index (χ4v) is 0.795. The molecular weight excluding hydrogens is 144 g/mol. The molecule has 0 fully saturated rings. The first-order chi connectivity index (χ1) is 5.24. The molecule has 66 valence electrons. The highest BCUT2D eigenvalue weighted by molar-refractivity contribution is 4.80. The van der Waals surface area contributed by atoms with Crippen LogP contribution in [0.25, 0.3) is 0 Å². The predicted octanol–water partition coefficient (Wildman–Crippen LogP) is -0.0841. The zero-order valence-corrected chi connectivity index (χ0v) is 6.66. The molecule has 0 aliphatic heterocycles. The minimum absolute atomic E-state index is 0.187. The fourth-order valence-electron chi connectivity index (χ4n) is 0.795. The quantitative estimate of drug-likeness (QED) is 0.476. The SMILES string of the molecule is C=CCCC(CO)(CO)CO. The van der Waals surface area contributed by atoms with Crippen molar-refractivity contribution in [3.63, 3.8) is 0 Å². The molecule has 0 aliphatic carbocycles. The molecule has 3 heteroatoms. The first kappa shape index (κ1) is 10.6. The van der Waals surface area contributed by atoms with Gasteiger partial charge in [-0.25, -0.2) is 0 Å². The van der Waals surface area contributed by atoms with E-state index in [0.29, 0.717) is 12.8 Å². The van der Waals surface area contributed by atoms with Crippen molar-refractivity contribution in [2.45, 2.75) is 12.8 Å². The van der Waals surface area contributed by atoms with E-state index in [9.17, 15) is 0 Å². The summed E-state index contributed by atoms with van der Waals surface area (Å²) in [4.78, 5) is 0. The molecular formula is C8H16O3. The van der Waals surface area contributed by atoms with Crippen LogP contribution in [-0.2, 0) is 0 Å². The molecule has 0 aromatic heterocycles. The molecule has 0 spiro atoms. The topological polar surface area (TPSA) is 60.7 Å². The second-order valence-electron chi connectivity index (χ2n) is 2.80. The van der Waals surface area contributed by atoms with Gasteiger partial charge in [-0.2, -0.15) is 0 Å². The van der Waals surface area contributed by atoms with Crippen LogP contribution < -0.4 is 0 Å². The molecule has 0 saturated heterocycles. The van der Waals surface area contributed by atoms with Gasteiger partial charge in [-0.05, 0) is 12.8 Å². The maximum atomic E-state index is 8.85. The zero-order chi connectivity index (χ0) is 8.74. The van der Waals surface area contributed by atoms with Crippen molar-refractivity contribution in [1.29, 1.82) is 0 Å². The van der Waals surface area contributed by atoms with Gasteiger partial charge < -0.3 is 15.3 Å². The molecule has 0 aromatic rings. The summed E-state index contributed by atoms with van der Waals surface area (Å²) in [6.07, 6.45) is 2.97. The first-order valence-electron chi connectivity index (χ1n) is 3.68. The molecule has 0 aromatic carbocycles. The highest BCUT2D eigenvalue weighted by Gasteiger charge is 2.26. The van der Waals surface area contributed by atoms with Crippen LogP contribution in [0, 0.1) is 5.41 Å². The van der Waals surface area contributed by atoms with Gasteiger partial charge in [-0.3, -0.25) is 0 Å². The lowest BCUT2D eigenvalue weighted by Gasteiger charge is -2.26. The molecule has 0 radical (unpaired) electrons. The molecule has 0 rings (SSSR count). The van der Waals surface area contributed by atoms with E-state index in [4.69, 9.17) is 15.3 Å². The minimum atomic E-state index is -0.728. The third-order valence-corrected chi connectivity index (χ3v) is 1.89. The summed E-state index contributed by atoms with van der Waals surface area (Å²) in [5.74, 6) is 0. The monoisotopic (exact) mass is 160 g/mol. The van der Waals surface area contributed by atoms with Gasteiger partial charge in [0.05, 0.1) is 19.8 Å². The first-order valence-corrected chi connectivity index (χ1v) is 3.68. The van der Waals surface area contributed by atoms with Crippen LogP contribution >= 0.6 is 0 Å². The standard InChI is InChI=1S/C8H16O3/c1-2-3-4-8(5-9,6-10)7-11/h2,9-11H,1,3-7H2. The van der Waals surface area contributed by atoms with E-state index in [1.807, 2.05) is 0 Å². The van der Waals surface area contributed by atoms with Crippen LogP contribution in [-0.4, -0.2) is 35.1 Å². The maximum absolute atomic E-state index is 8.85. The van der Waals surface area contributed by atoms with E-state index in [1.54, 1.807) is 6.08 Å². The van der Waals surface area contributed by atoms with Crippen molar-refractivity contribution in [1.82, 2.24) is 0 Å². The van der Waals surface area contributed by atoms with Crippen molar-refractivity contribution in [2.75, 3.05) is 19.8 Å². The lowest BCUT2D eigenvalue weighted by Crippen LogP contribution is -2.33. The lowest BCUT2D eigenvalue weighted by atomic mass is 9.86. The van der Waals surface area contributed by atoms with Crippen LogP contribution in [0.1, 0.15) is 12.8 Å². The Morgan fingerprint density at radius 2 is 1.55 bits per heavy atom. The van der Waals surface area contributed by atoms with Gasteiger partial charge >= 0.3 is 0 Å². The summed E-state index contributed by atoms with van der Waals surface area (Å²) < 4.78 is 0. The molecule has 0 saturated carbocycles. The molecule has 0 bridgehead atoms. The van der Waals surface area contributed by atoms with Gasteiger partial charge in [0.2, 0.25) is 0 Å². The Bertz CT molecular complexity index is 99.6. The highest BCUT2D eigenvalue weighted by Crippen LogP contribution is 2.21. The van der Waals surface area contributed by atoms with Gasteiger partial charge in [0.1, 0.15) is 0 Å². The number of allylic oxidation sites excluding steroid dienone is 1. The van der Waals surface area contributed by atoms with E-state index in [2.05, 4.69) is 6.58 Å². The van der Waals surface area contributed by atoms with Crippen molar-refractivity contribution >= 4 is 0 Å². The van der Waals surface area contributed by atoms with Crippen LogP contribution in [0.5, 0.6) is 0 Å². The molecule has 11 heavy (non-hydrogen) atoms. The Morgan fingerprint density at radius 3 is 1.82 bits per heavy atom.